The number of carbonyl (C=O) groups is 1. The van der Waals surface area contributed by atoms with Crippen LogP contribution in [0.25, 0.3) is 21.9 Å². The summed E-state index contributed by atoms with van der Waals surface area (Å²) in [5.74, 6) is 0.263. The van der Waals surface area contributed by atoms with E-state index in [0.29, 0.717) is 38.9 Å². The lowest BCUT2D eigenvalue weighted by atomic mass is 10.1. The molecule has 1 N–H and O–H groups in total. The Hall–Kier alpha value is -3.60. The van der Waals surface area contributed by atoms with Gasteiger partial charge in [0.1, 0.15) is 5.58 Å². The molecular weight excluding hydrogens is 342 g/mol. The maximum atomic E-state index is 12.7. The van der Waals surface area contributed by atoms with Gasteiger partial charge >= 0.3 is 0 Å². The fraction of sp³-hybridized carbons (Fsp3) is 0.0909. The number of methoxy groups -OCH3 is 1. The molecule has 0 atom stereocenters. The van der Waals surface area contributed by atoms with Gasteiger partial charge in [-0.05, 0) is 43.3 Å². The minimum absolute atomic E-state index is 0.137. The lowest BCUT2D eigenvalue weighted by Crippen LogP contribution is -2.12. The molecule has 0 aliphatic carbocycles. The van der Waals surface area contributed by atoms with Crippen LogP contribution in [-0.4, -0.2) is 13.0 Å². The van der Waals surface area contributed by atoms with Gasteiger partial charge in [-0.1, -0.05) is 23.8 Å². The van der Waals surface area contributed by atoms with Gasteiger partial charge in [0, 0.05) is 17.3 Å². The van der Waals surface area contributed by atoms with E-state index in [0.717, 1.165) is 5.56 Å². The van der Waals surface area contributed by atoms with Crippen LogP contribution in [0.3, 0.4) is 0 Å². The average molecular weight is 359 g/mol. The molecule has 0 aliphatic rings. The smallest absolute Gasteiger partial charge is 0.255 e. The minimum atomic E-state index is -0.223. The topological polar surface area (TPSA) is 68.5 Å². The summed E-state index contributed by atoms with van der Waals surface area (Å²) in [7, 11) is 1.53. The van der Waals surface area contributed by atoms with E-state index in [1.165, 1.54) is 7.11 Å². The van der Waals surface area contributed by atoms with E-state index >= 15 is 0 Å². The summed E-state index contributed by atoms with van der Waals surface area (Å²) in [6.07, 6.45) is 0. The van der Waals surface area contributed by atoms with Gasteiger partial charge in [0.15, 0.2) is 11.3 Å². The molecule has 1 aromatic heterocycles. The molecule has 134 valence electrons. The molecule has 0 fully saturated rings. The molecule has 4 aromatic rings. The fourth-order valence-corrected chi connectivity index (χ4v) is 3.08. The Morgan fingerprint density at radius 2 is 1.81 bits per heavy atom. The number of nitrogens with one attached hydrogen (secondary N) is 1. The van der Waals surface area contributed by atoms with Crippen molar-refractivity contribution in [3.05, 3.63) is 82.0 Å². The number of para-hydroxylation sites is 1. The van der Waals surface area contributed by atoms with Crippen molar-refractivity contribution in [2.45, 2.75) is 6.92 Å². The van der Waals surface area contributed by atoms with Gasteiger partial charge in [-0.15, -0.1) is 0 Å². The zero-order valence-corrected chi connectivity index (χ0v) is 14.9. The number of amides is 1. The van der Waals surface area contributed by atoms with E-state index in [9.17, 15) is 9.59 Å². The molecule has 0 unspecified atom stereocenters. The van der Waals surface area contributed by atoms with Crippen LogP contribution in [0.2, 0.25) is 0 Å². The number of fused-ring (bicyclic) bond motifs is 2. The Morgan fingerprint density at radius 3 is 2.59 bits per heavy atom. The highest BCUT2D eigenvalue weighted by Gasteiger charge is 2.13. The first kappa shape index (κ1) is 16.8. The molecule has 0 radical (unpaired) electrons. The van der Waals surface area contributed by atoms with Gasteiger partial charge in [0.2, 0.25) is 5.43 Å². The van der Waals surface area contributed by atoms with Crippen molar-refractivity contribution in [1.82, 2.24) is 0 Å². The first-order chi connectivity index (χ1) is 13.1. The van der Waals surface area contributed by atoms with Crippen molar-refractivity contribution in [3.63, 3.8) is 0 Å². The van der Waals surface area contributed by atoms with E-state index in [-0.39, 0.29) is 11.3 Å². The van der Waals surface area contributed by atoms with Gasteiger partial charge in [-0.25, -0.2) is 0 Å². The number of benzene rings is 3. The highest BCUT2D eigenvalue weighted by molar-refractivity contribution is 6.05. The number of aryl methyl sites for hydroxylation is 1. The standard InChI is InChI=1S/C22H17NO4/c1-13-5-3-6-14(11-13)22(25)23-15-9-10-16-19(12-15)27-21-17(20(16)24)7-4-8-18(21)26-2/h3-12H,1-2H3,(H,23,25). The summed E-state index contributed by atoms with van der Waals surface area (Å²) in [6.45, 7) is 1.93. The second kappa shape index (κ2) is 6.61. The molecule has 5 nitrogen and oxygen atoms in total. The van der Waals surface area contributed by atoms with Crippen LogP contribution >= 0.6 is 0 Å². The number of hydrogen-bond acceptors (Lipinski definition) is 4. The zero-order valence-electron chi connectivity index (χ0n) is 14.9. The summed E-state index contributed by atoms with van der Waals surface area (Å²) in [6, 6.07) is 17.5. The first-order valence-corrected chi connectivity index (χ1v) is 8.48. The molecule has 3 aromatic carbocycles. The van der Waals surface area contributed by atoms with Crippen molar-refractivity contribution >= 4 is 33.5 Å². The van der Waals surface area contributed by atoms with Gasteiger partial charge in [-0.2, -0.15) is 0 Å². The number of hydrogen-bond donors (Lipinski definition) is 1. The molecule has 27 heavy (non-hydrogen) atoms. The summed E-state index contributed by atoms with van der Waals surface area (Å²) >= 11 is 0. The number of ether oxygens (including phenoxy) is 1. The van der Waals surface area contributed by atoms with Crippen LogP contribution in [0.15, 0.2) is 69.9 Å². The average Bonchev–Trinajstić information content (AvgIpc) is 2.67. The van der Waals surface area contributed by atoms with Crippen LogP contribution in [0.1, 0.15) is 15.9 Å². The Morgan fingerprint density at radius 1 is 1.00 bits per heavy atom. The summed E-state index contributed by atoms with van der Waals surface area (Å²) < 4.78 is 11.2. The third-order valence-corrected chi connectivity index (χ3v) is 4.42. The van der Waals surface area contributed by atoms with E-state index in [4.69, 9.17) is 9.15 Å². The van der Waals surface area contributed by atoms with Gasteiger partial charge in [-0.3, -0.25) is 9.59 Å². The molecule has 5 heteroatoms. The second-order valence-corrected chi connectivity index (χ2v) is 6.30. The molecule has 0 spiro atoms. The normalized spacial score (nSPS) is 10.9. The highest BCUT2D eigenvalue weighted by atomic mass is 16.5. The SMILES string of the molecule is COc1cccc2c(=O)c3ccc(NC(=O)c4cccc(C)c4)cc3oc12. The predicted octanol–water partition coefficient (Wildman–Crippen LogP) is 4.52. The van der Waals surface area contributed by atoms with E-state index in [1.54, 1.807) is 42.5 Å². The largest absolute Gasteiger partial charge is 0.493 e. The van der Waals surface area contributed by atoms with Crippen LogP contribution in [-0.2, 0) is 0 Å². The van der Waals surface area contributed by atoms with E-state index in [2.05, 4.69) is 5.32 Å². The van der Waals surface area contributed by atoms with Gasteiger partial charge in [0.25, 0.3) is 5.91 Å². The van der Waals surface area contributed by atoms with Crippen molar-refractivity contribution in [3.8, 4) is 5.75 Å². The maximum absolute atomic E-state index is 12.7. The quantitative estimate of drug-likeness (QED) is 0.546. The Bertz CT molecular complexity index is 1240. The number of carbonyl (C=O) groups excluding carboxylic acids is 1. The Kier molecular flexibility index (Phi) is 4.12. The lowest BCUT2D eigenvalue weighted by Gasteiger charge is -2.09. The van der Waals surface area contributed by atoms with Crippen molar-refractivity contribution in [2.24, 2.45) is 0 Å². The first-order valence-electron chi connectivity index (χ1n) is 8.48. The van der Waals surface area contributed by atoms with Crippen molar-refractivity contribution < 1.29 is 13.9 Å². The molecule has 0 saturated carbocycles. The van der Waals surface area contributed by atoms with Crippen LogP contribution in [0, 0.1) is 6.92 Å². The van der Waals surface area contributed by atoms with Crippen molar-refractivity contribution in [1.29, 1.82) is 0 Å². The summed E-state index contributed by atoms with van der Waals surface area (Å²) in [5, 5.41) is 3.75. The number of anilines is 1. The van der Waals surface area contributed by atoms with Crippen molar-refractivity contribution in [2.75, 3.05) is 12.4 Å². The van der Waals surface area contributed by atoms with E-state index < -0.39 is 0 Å². The highest BCUT2D eigenvalue weighted by Crippen LogP contribution is 2.28. The zero-order chi connectivity index (χ0) is 19.0. The minimum Gasteiger partial charge on any atom is -0.493 e. The molecule has 4 rings (SSSR count). The molecule has 1 heterocycles. The fourth-order valence-electron chi connectivity index (χ4n) is 3.08. The predicted molar refractivity (Wildman–Crippen MR) is 106 cm³/mol. The summed E-state index contributed by atoms with van der Waals surface area (Å²) in [4.78, 5) is 25.2. The molecule has 0 bridgehead atoms. The lowest BCUT2D eigenvalue weighted by molar-refractivity contribution is 0.102. The Balaban J connectivity index is 1.79. The molecular formula is C22H17NO4. The molecule has 1 amide bonds. The molecule has 0 saturated heterocycles. The monoisotopic (exact) mass is 359 g/mol. The van der Waals surface area contributed by atoms with Gasteiger partial charge in [0.05, 0.1) is 17.9 Å². The van der Waals surface area contributed by atoms with Crippen LogP contribution in [0.5, 0.6) is 5.75 Å². The maximum Gasteiger partial charge on any atom is 0.255 e. The summed E-state index contributed by atoms with van der Waals surface area (Å²) in [5.41, 5.74) is 2.76. The third-order valence-electron chi connectivity index (χ3n) is 4.42. The van der Waals surface area contributed by atoms with Gasteiger partial charge < -0.3 is 14.5 Å². The second-order valence-electron chi connectivity index (χ2n) is 6.30. The number of rotatable bonds is 3. The van der Waals surface area contributed by atoms with Crippen LogP contribution < -0.4 is 15.5 Å². The van der Waals surface area contributed by atoms with E-state index in [1.807, 2.05) is 25.1 Å². The third kappa shape index (κ3) is 3.04. The Labute approximate surface area is 155 Å². The van der Waals surface area contributed by atoms with Crippen LogP contribution in [0.4, 0.5) is 5.69 Å². The molecule has 0 aliphatic heterocycles.